The van der Waals surface area contributed by atoms with Gasteiger partial charge in [-0.25, -0.2) is 0 Å². The second-order valence-corrected chi connectivity index (χ2v) is 3.44. The van der Waals surface area contributed by atoms with Crippen molar-refractivity contribution in [1.82, 2.24) is 35.1 Å². The molecule has 0 aliphatic carbocycles. The van der Waals surface area contributed by atoms with Crippen molar-refractivity contribution in [2.24, 2.45) is 0 Å². The fraction of sp³-hybridized carbons (Fsp3) is 0.600. The standard InChI is InChI=1S/C10H16N2O8.4H3N/c1-7(13)17-11(18-8(2)14)5-6-12(19-9(3)15)20-10(4)16;;;;/h5-6H2,1-4H3;4*1H3. The Morgan fingerprint density at radius 1 is 0.542 bits per heavy atom. The van der Waals surface area contributed by atoms with E-state index in [-0.39, 0.29) is 37.7 Å². The van der Waals surface area contributed by atoms with Crippen molar-refractivity contribution in [3.63, 3.8) is 0 Å². The lowest BCUT2D eigenvalue weighted by Gasteiger charge is -2.22. The molecule has 0 aliphatic heterocycles. The summed E-state index contributed by atoms with van der Waals surface area (Å²) in [6.45, 7) is 3.97. The molecule has 0 aromatic heterocycles. The SMILES string of the molecule is CC(=O)ON(CCN(OC(C)=O)OC(C)=O)OC(C)=O.N.N.N.N. The number of nitrogens with zero attached hydrogens (tertiary/aromatic N) is 2. The van der Waals surface area contributed by atoms with E-state index in [4.69, 9.17) is 0 Å². The van der Waals surface area contributed by atoms with Gasteiger partial charge in [0.05, 0.1) is 13.1 Å². The summed E-state index contributed by atoms with van der Waals surface area (Å²) in [5.74, 6) is -2.90. The summed E-state index contributed by atoms with van der Waals surface area (Å²) in [5.41, 5.74) is 0. The Bertz CT molecular complexity index is 326. The number of carbonyl (C=O) groups is 4. The van der Waals surface area contributed by atoms with Crippen molar-refractivity contribution in [2.45, 2.75) is 27.7 Å². The third-order valence-corrected chi connectivity index (χ3v) is 1.39. The molecule has 0 aliphatic rings. The Morgan fingerprint density at radius 2 is 0.708 bits per heavy atom. The molecule has 24 heavy (non-hydrogen) atoms. The van der Waals surface area contributed by atoms with E-state index in [0.29, 0.717) is 10.5 Å². The molecule has 0 bridgehead atoms. The molecule has 0 rings (SSSR count). The molecule has 0 aromatic rings. The maximum Gasteiger partial charge on any atom is 0.326 e. The van der Waals surface area contributed by atoms with Crippen LogP contribution in [0.2, 0.25) is 0 Å². The molecule has 0 saturated carbocycles. The summed E-state index contributed by atoms with van der Waals surface area (Å²) in [5, 5.41) is 1.15. The van der Waals surface area contributed by atoms with Crippen LogP contribution < -0.4 is 24.6 Å². The van der Waals surface area contributed by atoms with E-state index in [1.54, 1.807) is 0 Å². The summed E-state index contributed by atoms with van der Waals surface area (Å²) >= 11 is 0. The number of hydroxylamine groups is 4. The molecule has 0 spiro atoms. The zero-order chi connectivity index (χ0) is 15.7. The van der Waals surface area contributed by atoms with Crippen molar-refractivity contribution in [2.75, 3.05) is 13.1 Å². The van der Waals surface area contributed by atoms with E-state index < -0.39 is 23.9 Å². The molecular weight excluding hydrogens is 332 g/mol. The van der Waals surface area contributed by atoms with Crippen molar-refractivity contribution in [3.05, 3.63) is 0 Å². The Hall–Kier alpha value is -2.36. The van der Waals surface area contributed by atoms with Gasteiger partial charge in [-0.1, -0.05) is 0 Å². The molecule has 0 fully saturated rings. The van der Waals surface area contributed by atoms with Crippen LogP contribution in [0.15, 0.2) is 0 Å². The monoisotopic (exact) mass is 360 g/mol. The molecule has 0 unspecified atom stereocenters. The molecule has 0 saturated heterocycles. The van der Waals surface area contributed by atoms with Gasteiger partial charge in [0, 0.05) is 38.1 Å². The number of hydrogen-bond acceptors (Lipinski definition) is 14. The van der Waals surface area contributed by atoms with Crippen LogP contribution in [0.25, 0.3) is 0 Å². The second-order valence-electron chi connectivity index (χ2n) is 3.44. The summed E-state index contributed by atoms with van der Waals surface area (Å²) < 4.78 is 0. The highest BCUT2D eigenvalue weighted by Gasteiger charge is 2.18. The van der Waals surface area contributed by atoms with Crippen molar-refractivity contribution < 1.29 is 38.5 Å². The smallest absolute Gasteiger partial charge is 0.326 e. The second kappa shape index (κ2) is 17.0. The summed E-state index contributed by atoms with van der Waals surface area (Å²) in [6.07, 6.45) is 0. The largest absolute Gasteiger partial charge is 0.344 e. The van der Waals surface area contributed by atoms with Crippen LogP contribution in [0.3, 0.4) is 0 Å². The highest BCUT2D eigenvalue weighted by Crippen LogP contribution is 1.99. The minimum Gasteiger partial charge on any atom is -0.344 e. The van der Waals surface area contributed by atoms with Crippen molar-refractivity contribution in [1.29, 1.82) is 0 Å². The van der Waals surface area contributed by atoms with Crippen LogP contribution in [0.1, 0.15) is 27.7 Å². The summed E-state index contributed by atoms with van der Waals surface area (Å²) in [6, 6.07) is 0. The van der Waals surface area contributed by atoms with Gasteiger partial charge in [0.2, 0.25) is 0 Å². The number of rotatable bonds is 7. The quantitative estimate of drug-likeness (QED) is 0.441. The number of hydrogen-bond donors (Lipinski definition) is 4. The summed E-state index contributed by atoms with van der Waals surface area (Å²) in [7, 11) is 0. The van der Waals surface area contributed by atoms with Gasteiger partial charge in [-0.15, -0.1) is 0 Å². The molecule has 0 aromatic carbocycles. The maximum absolute atomic E-state index is 10.8. The Balaban J connectivity index is -0.000000301. The molecule has 12 N–H and O–H groups in total. The molecule has 14 nitrogen and oxygen atoms in total. The molecule has 0 amide bonds. The Kier molecular flexibility index (Phi) is 23.6. The van der Waals surface area contributed by atoms with Gasteiger partial charge >= 0.3 is 23.9 Å². The van der Waals surface area contributed by atoms with Crippen molar-refractivity contribution in [3.8, 4) is 0 Å². The van der Waals surface area contributed by atoms with Crippen molar-refractivity contribution >= 4 is 23.9 Å². The first-order chi connectivity index (χ1) is 9.20. The fourth-order valence-electron chi connectivity index (χ4n) is 0.957. The lowest BCUT2D eigenvalue weighted by Crippen LogP contribution is -2.38. The average molecular weight is 360 g/mol. The van der Waals surface area contributed by atoms with Crippen LogP contribution >= 0.6 is 0 Å². The van der Waals surface area contributed by atoms with Crippen LogP contribution in [0.4, 0.5) is 0 Å². The first-order valence-electron chi connectivity index (χ1n) is 5.50. The number of carbonyl (C=O) groups excluding carboxylic acids is 4. The van der Waals surface area contributed by atoms with Crippen LogP contribution in [-0.2, 0) is 38.5 Å². The van der Waals surface area contributed by atoms with E-state index in [1.165, 1.54) is 0 Å². The van der Waals surface area contributed by atoms with Gasteiger partial charge in [0.25, 0.3) is 0 Å². The van der Waals surface area contributed by atoms with E-state index in [9.17, 15) is 19.2 Å². The van der Waals surface area contributed by atoms with Gasteiger partial charge in [-0.3, -0.25) is 19.2 Å². The van der Waals surface area contributed by atoms with Gasteiger partial charge in [0.1, 0.15) is 0 Å². The molecule has 0 radical (unpaired) electrons. The zero-order valence-electron chi connectivity index (χ0n) is 14.4. The predicted octanol–water partition coefficient (Wildman–Crippen LogP) is 0.151. The predicted molar refractivity (Wildman–Crippen MR) is 80.6 cm³/mol. The minimum atomic E-state index is -0.724. The van der Waals surface area contributed by atoms with E-state index >= 15 is 0 Å². The van der Waals surface area contributed by atoms with Gasteiger partial charge < -0.3 is 44.0 Å². The molecule has 14 heteroatoms. The van der Waals surface area contributed by atoms with Gasteiger partial charge in [-0.2, -0.15) is 0 Å². The lowest BCUT2D eigenvalue weighted by molar-refractivity contribution is -0.354. The molecule has 146 valence electrons. The van der Waals surface area contributed by atoms with E-state index in [2.05, 4.69) is 19.4 Å². The Labute approximate surface area is 139 Å². The fourth-order valence-corrected chi connectivity index (χ4v) is 0.957. The van der Waals surface area contributed by atoms with E-state index in [1.807, 2.05) is 0 Å². The van der Waals surface area contributed by atoms with Gasteiger partial charge in [-0.05, 0) is 0 Å². The molecule has 0 atom stereocenters. The maximum atomic E-state index is 10.8. The highest BCUT2D eigenvalue weighted by molar-refractivity contribution is 5.67. The van der Waals surface area contributed by atoms with E-state index in [0.717, 1.165) is 27.7 Å². The Morgan fingerprint density at radius 3 is 0.833 bits per heavy atom. The van der Waals surface area contributed by atoms with Crippen LogP contribution in [0, 0.1) is 0 Å². The normalized spacial score (nSPS) is 8.42. The third kappa shape index (κ3) is 19.6. The van der Waals surface area contributed by atoms with Gasteiger partial charge in [0.15, 0.2) is 0 Å². The summed E-state index contributed by atoms with van der Waals surface area (Å²) in [4.78, 5) is 61.4. The van der Waals surface area contributed by atoms with Crippen LogP contribution in [-0.4, -0.2) is 47.4 Å². The first-order valence-corrected chi connectivity index (χ1v) is 5.50. The van der Waals surface area contributed by atoms with Crippen LogP contribution in [0.5, 0.6) is 0 Å². The first kappa shape index (κ1) is 33.3. The average Bonchev–Trinajstić information content (AvgIpc) is 2.22. The molecule has 0 heterocycles. The highest BCUT2D eigenvalue weighted by atomic mass is 17.0. The topological polar surface area (TPSA) is 252 Å². The zero-order valence-corrected chi connectivity index (χ0v) is 14.4. The lowest BCUT2D eigenvalue weighted by atomic mass is 10.7. The minimum absolute atomic E-state index is 0. The third-order valence-electron chi connectivity index (χ3n) is 1.39. The molecular formula is C10H28N6O8.